The summed E-state index contributed by atoms with van der Waals surface area (Å²) in [4.78, 5) is 12.0. The highest BCUT2D eigenvalue weighted by molar-refractivity contribution is 7.89. The van der Waals surface area contributed by atoms with Gasteiger partial charge in [0.05, 0.1) is 10.5 Å². The first-order chi connectivity index (χ1) is 13.2. The highest BCUT2D eigenvalue weighted by Crippen LogP contribution is 2.28. The van der Waals surface area contributed by atoms with Crippen molar-refractivity contribution in [3.63, 3.8) is 0 Å². The van der Waals surface area contributed by atoms with Crippen molar-refractivity contribution in [2.45, 2.75) is 45.1 Å². The molecule has 6 nitrogen and oxygen atoms in total. The summed E-state index contributed by atoms with van der Waals surface area (Å²) in [5.41, 5.74) is 9.99. The maximum absolute atomic E-state index is 12.8. The van der Waals surface area contributed by atoms with Gasteiger partial charge in [-0.1, -0.05) is 17.7 Å². The van der Waals surface area contributed by atoms with E-state index in [4.69, 9.17) is 10.5 Å². The Morgan fingerprint density at radius 1 is 1.07 bits per heavy atom. The molecule has 0 atom stereocenters. The molecule has 1 amide bonds. The van der Waals surface area contributed by atoms with Crippen molar-refractivity contribution in [1.29, 1.82) is 0 Å². The summed E-state index contributed by atoms with van der Waals surface area (Å²) in [7, 11) is -3.63. The Bertz CT molecular complexity index is 986. The zero-order valence-electron chi connectivity index (χ0n) is 16.5. The van der Waals surface area contributed by atoms with Gasteiger partial charge in [0.2, 0.25) is 10.0 Å². The largest absolute Gasteiger partial charge is 0.488 e. The standard InChI is InChI=1S/C21H26N2O4S/c1-14-10-15(2)19(16(3)11-14)13-27-20-7-6-17(12-18(20)21(22)24)28(25,26)23-8-4-5-9-23/h6-7,10-12H,4-5,8-9,13H2,1-3H3,(H2,22,24). The van der Waals surface area contributed by atoms with Crippen LogP contribution in [0.3, 0.4) is 0 Å². The molecule has 2 aromatic rings. The number of carbonyl (C=O) groups is 1. The lowest BCUT2D eigenvalue weighted by atomic mass is 10.0. The van der Waals surface area contributed by atoms with E-state index in [0.717, 1.165) is 29.5 Å². The Balaban J connectivity index is 1.89. The van der Waals surface area contributed by atoms with Crippen LogP contribution in [-0.4, -0.2) is 31.7 Å². The molecule has 1 aliphatic heterocycles. The van der Waals surface area contributed by atoms with Crippen LogP contribution in [0.1, 0.15) is 45.5 Å². The smallest absolute Gasteiger partial charge is 0.252 e. The molecule has 0 aromatic heterocycles. The minimum absolute atomic E-state index is 0.0678. The van der Waals surface area contributed by atoms with Gasteiger partial charge in [-0.15, -0.1) is 0 Å². The van der Waals surface area contributed by atoms with E-state index in [1.54, 1.807) is 0 Å². The van der Waals surface area contributed by atoms with Gasteiger partial charge in [-0.2, -0.15) is 4.31 Å². The molecule has 1 fully saturated rings. The molecular formula is C21H26N2O4S. The number of primary amides is 1. The highest BCUT2D eigenvalue weighted by Gasteiger charge is 2.28. The lowest BCUT2D eigenvalue weighted by molar-refractivity contribution is 0.0995. The number of rotatable bonds is 6. The normalized spacial score (nSPS) is 15.0. The molecule has 0 aliphatic carbocycles. The molecule has 150 valence electrons. The van der Waals surface area contributed by atoms with E-state index < -0.39 is 15.9 Å². The average molecular weight is 403 g/mol. The molecule has 1 heterocycles. The number of carbonyl (C=O) groups excluding carboxylic acids is 1. The van der Waals surface area contributed by atoms with Gasteiger partial charge < -0.3 is 10.5 Å². The summed E-state index contributed by atoms with van der Waals surface area (Å²) in [5.74, 6) is -0.432. The van der Waals surface area contributed by atoms with Gasteiger partial charge >= 0.3 is 0 Å². The van der Waals surface area contributed by atoms with Crippen LogP contribution in [0.4, 0.5) is 0 Å². The third-order valence-corrected chi connectivity index (χ3v) is 7.03. The van der Waals surface area contributed by atoms with Crippen molar-refractivity contribution < 1.29 is 17.9 Å². The molecule has 2 aromatic carbocycles. The average Bonchev–Trinajstić information content (AvgIpc) is 3.16. The summed E-state index contributed by atoms with van der Waals surface area (Å²) >= 11 is 0. The van der Waals surface area contributed by atoms with Gasteiger partial charge in [-0.25, -0.2) is 8.42 Å². The predicted molar refractivity (Wildman–Crippen MR) is 108 cm³/mol. The first-order valence-electron chi connectivity index (χ1n) is 9.33. The van der Waals surface area contributed by atoms with Crippen molar-refractivity contribution in [2.24, 2.45) is 5.73 Å². The topological polar surface area (TPSA) is 89.7 Å². The van der Waals surface area contributed by atoms with Crippen LogP contribution in [0.25, 0.3) is 0 Å². The lowest BCUT2D eigenvalue weighted by Crippen LogP contribution is -2.28. The Labute approximate surface area is 166 Å². The van der Waals surface area contributed by atoms with Crippen molar-refractivity contribution in [3.8, 4) is 5.75 Å². The van der Waals surface area contributed by atoms with E-state index in [-0.39, 0.29) is 22.8 Å². The summed E-state index contributed by atoms with van der Waals surface area (Å²) in [6, 6.07) is 8.46. The van der Waals surface area contributed by atoms with Crippen molar-refractivity contribution in [2.75, 3.05) is 13.1 Å². The number of nitrogens with zero attached hydrogens (tertiary/aromatic N) is 1. The zero-order chi connectivity index (χ0) is 20.5. The molecule has 0 spiro atoms. The summed E-state index contributed by atoms with van der Waals surface area (Å²) in [6.45, 7) is 7.33. The van der Waals surface area contributed by atoms with Gasteiger partial charge in [-0.3, -0.25) is 4.79 Å². The number of sulfonamides is 1. The fourth-order valence-electron chi connectivity index (χ4n) is 3.65. The van der Waals surface area contributed by atoms with Crippen molar-refractivity contribution in [1.82, 2.24) is 4.31 Å². The van der Waals surface area contributed by atoms with E-state index >= 15 is 0 Å². The second-order valence-electron chi connectivity index (χ2n) is 7.30. The second kappa shape index (κ2) is 7.93. The van der Waals surface area contributed by atoms with E-state index in [1.165, 1.54) is 28.1 Å². The van der Waals surface area contributed by atoms with Crippen molar-refractivity contribution in [3.05, 3.63) is 58.1 Å². The van der Waals surface area contributed by atoms with Crippen LogP contribution in [0.5, 0.6) is 5.75 Å². The van der Waals surface area contributed by atoms with Crippen molar-refractivity contribution >= 4 is 15.9 Å². The molecule has 0 saturated carbocycles. The van der Waals surface area contributed by atoms with Gasteiger partial charge in [0.15, 0.2) is 0 Å². The molecule has 0 radical (unpaired) electrons. The number of nitrogens with two attached hydrogens (primary N) is 1. The molecular weight excluding hydrogens is 376 g/mol. The van der Waals surface area contributed by atoms with Gasteiger partial charge in [-0.05, 0) is 68.5 Å². The Morgan fingerprint density at radius 2 is 1.68 bits per heavy atom. The number of hydrogen-bond acceptors (Lipinski definition) is 4. The highest BCUT2D eigenvalue weighted by atomic mass is 32.2. The first-order valence-corrected chi connectivity index (χ1v) is 10.8. The maximum atomic E-state index is 12.8. The minimum atomic E-state index is -3.63. The predicted octanol–water partition coefficient (Wildman–Crippen LogP) is 3.07. The van der Waals surface area contributed by atoms with E-state index in [1.807, 2.05) is 20.8 Å². The third kappa shape index (κ3) is 4.05. The molecule has 1 aliphatic rings. The maximum Gasteiger partial charge on any atom is 0.252 e. The van der Waals surface area contributed by atoms with E-state index in [0.29, 0.717) is 13.1 Å². The molecule has 28 heavy (non-hydrogen) atoms. The quantitative estimate of drug-likeness (QED) is 0.804. The fraction of sp³-hybridized carbons (Fsp3) is 0.381. The molecule has 7 heteroatoms. The summed E-state index contributed by atoms with van der Waals surface area (Å²) < 4.78 is 32.8. The zero-order valence-corrected chi connectivity index (χ0v) is 17.3. The molecule has 3 rings (SSSR count). The van der Waals surface area contributed by atoms with Crippen LogP contribution in [-0.2, 0) is 16.6 Å². The second-order valence-corrected chi connectivity index (χ2v) is 9.24. The Hall–Kier alpha value is -2.38. The molecule has 2 N–H and O–H groups in total. The minimum Gasteiger partial charge on any atom is -0.488 e. The summed E-state index contributed by atoms with van der Waals surface area (Å²) in [5, 5.41) is 0. The number of aryl methyl sites for hydroxylation is 3. The molecule has 0 unspecified atom stereocenters. The Morgan fingerprint density at radius 3 is 2.25 bits per heavy atom. The number of benzene rings is 2. The third-order valence-electron chi connectivity index (χ3n) is 5.13. The van der Waals surface area contributed by atoms with E-state index in [2.05, 4.69) is 12.1 Å². The SMILES string of the molecule is Cc1cc(C)c(COc2ccc(S(=O)(=O)N3CCCC3)cc2C(N)=O)c(C)c1. The number of hydrogen-bond donors (Lipinski definition) is 1. The van der Waals surface area contributed by atoms with Gasteiger partial charge in [0.25, 0.3) is 5.91 Å². The monoisotopic (exact) mass is 402 g/mol. The Kier molecular flexibility index (Phi) is 5.76. The fourth-order valence-corrected chi connectivity index (χ4v) is 5.20. The van der Waals surface area contributed by atoms with E-state index in [9.17, 15) is 13.2 Å². The van der Waals surface area contributed by atoms with Gasteiger partial charge in [0, 0.05) is 13.1 Å². The van der Waals surface area contributed by atoms with Crippen LogP contribution >= 0.6 is 0 Å². The molecule has 1 saturated heterocycles. The van der Waals surface area contributed by atoms with Gasteiger partial charge in [0.1, 0.15) is 12.4 Å². The molecule has 0 bridgehead atoms. The van der Waals surface area contributed by atoms with Crippen LogP contribution in [0.15, 0.2) is 35.2 Å². The van der Waals surface area contributed by atoms with Crippen LogP contribution < -0.4 is 10.5 Å². The first kappa shape index (κ1) is 20.4. The number of amides is 1. The van der Waals surface area contributed by atoms with Crippen LogP contribution in [0, 0.1) is 20.8 Å². The number of ether oxygens (including phenoxy) is 1. The lowest BCUT2D eigenvalue weighted by Gasteiger charge is -2.18. The van der Waals surface area contributed by atoms with Crippen LogP contribution in [0.2, 0.25) is 0 Å². The summed E-state index contributed by atoms with van der Waals surface area (Å²) in [6.07, 6.45) is 1.69.